The van der Waals surface area contributed by atoms with Crippen molar-refractivity contribution in [2.24, 2.45) is 11.1 Å². The van der Waals surface area contributed by atoms with Crippen LogP contribution in [0.5, 0.6) is 0 Å². The molecule has 0 aliphatic carbocycles. The number of aromatic nitrogens is 3. The van der Waals surface area contributed by atoms with Crippen LogP contribution in [0.15, 0.2) is 34.2 Å². The van der Waals surface area contributed by atoms with E-state index in [1.165, 1.54) is 11.8 Å². The molecule has 7 nitrogen and oxygen atoms in total. The van der Waals surface area contributed by atoms with Crippen molar-refractivity contribution in [1.29, 1.82) is 0 Å². The van der Waals surface area contributed by atoms with Gasteiger partial charge in [0.25, 0.3) is 0 Å². The minimum absolute atomic E-state index is 0.0453. The van der Waals surface area contributed by atoms with Gasteiger partial charge in [-0.1, -0.05) is 41.0 Å². The van der Waals surface area contributed by atoms with E-state index in [-0.39, 0.29) is 17.6 Å². The molecule has 4 heterocycles. The van der Waals surface area contributed by atoms with Gasteiger partial charge in [0.1, 0.15) is 5.82 Å². The van der Waals surface area contributed by atoms with Crippen LogP contribution >= 0.6 is 35.0 Å². The van der Waals surface area contributed by atoms with Gasteiger partial charge in [-0.05, 0) is 38.8 Å². The summed E-state index contributed by atoms with van der Waals surface area (Å²) in [4.78, 5) is 13.3. The van der Waals surface area contributed by atoms with Crippen LogP contribution in [0.3, 0.4) is 0 Å². The second-order valence-electron chi connectivity index (χ2n) is 8.73. The molecule has 1 spiro atoms. The lowest BCUT2D eigenvalue weighted by atomic mass is 9.73. The van der Waals surface area contributed by atoms with E-state index in [9.17, 15) is 0 Å². The van der Waals surface area contributed by atoms with Gasteiger partial charge >= 0.3 is 0 Å². The zero-order chi connectivity index (χ0) is 22.6. The van der Waals surface area contributed by atoms with Gasteiger partial charge in [0.2, 0.25) is 5.95 Å². The van der Waals surface area contributed by atoms with Gasteiger partial charge in [-0.2, -0.15) is 4.98 Å². The summed E-state index contributed by atoms with van der Waals surface area (Å²) < 4.78 is 7.94. The van der Waals surface area contributed by atoms with Gasteiger partial charge in [-0.3, -0.25) is 4.40 Å². The fourth-order valence-corrected chi connectivity index (χ4v) is 6.20. The third-order valence-electron chi connectivity index (χ3n) is 6.81. The average Bonchev–Trinajstić information content (AvgIpc) is 3.29. The average molecular weight is 493 g/mol. The molecule has 2 aromatic heterocycles. The van der Waals surface area contributed by atoms with Gasteiger partial charge in [-0.15, -0.1) is 0 Å². The van der Waals surface area contributed by atoms with Crippen molar-refractivity contribution in [3.63, 3.8) is 0 Å². The van der Waals surface area contributed by atoms with E-state index >= 15 is 0 Å². The van der Waals surface area contributed by atoms with Crippen molar-refractivity contribution in [3.05, 3.63) is 40.1 Å². The number of aryl methyl sites for hydroxylation is 1. The highest BCUT2D eigenvalue weighted by Crippen LogP contribution is 2.44. The van der Waals surface area contributed by atoms with Crippen LogP contribution in [-0.4, -0.2) is 46.2 Å². The van der Waals surface area contributed by atoms with Crippen LogP contribution in [0.4, 0.5) is 11.8 Å². The van der Waals surface area contributed by atoms with Crippen LogP contribution < -0.4 is 16.4 Å². The summed E-state index contributed by atoms with van der Waals surface area (Å²) in [6, 6.07) is 5.61. The number of imidazole rings is 1. The molecule has 0 radical (unpaired) electrons. The first-order valence-electron chi connectivity index (χ1n) is 10.7. The van der Waals surface area contributed by atoms with Crippen LogP contribution in [0.1, 0.15) is 25.5 Å². The molecular weight excluding hydrogens is 467 g/mol. The summed E-state index contributed by atoms with van der Waals surface area (Å²) in [7, 11) is 0. The summed E-state index contributed by atoms with van der Waals surface area (Å²) in [6.45, 7) is 6.50. The molecule has 2 fully saturated rings. The fraction of sp³-hybridized carbons (Fsp3) is 0.455. The van der Waals surface area contributed by atoms with Crippen molar-refractivity contribution < 1.29 is 4.74 Å². The number of benzene rings is 1. The molecule has 0 bridgehead atoms. The topological polar surface area (TPSA) is 94.7 Å². The Morgan fingerprint density at radius 3 is 2.69 bits per heavy atom. The van der Waals surface area contributed by atoms with E-state index < -0.39 is 0 Å². The molecular formula is C22H26Cl2N6OS. The highest BCUT2D eigenvalue weighted by Gasteiger charge is 2.47. The minimum atomic E-state index is 0.0453. The summed E-state index contributed by atoms with van der Waals surface area (Å²) in [6.07, 6.45) is 3.87. The minimum Gasteiger partial charge on any atom is -0.383 e. The molecule has 4 N–H and O–H groups in total. The number of hydrogen-bond acceptors (Lipinski definition) is 7. The molecule has 3 aromatic rings. The van der Waals surface area contributed by atoms with E-state index in [1.54, 1.807) is 6.07 Å². The lowest BCUT2D eigenvalue weighted by Gasteiger charge is -2.41. The van der Waals surface area contributed by atoms with E-state index in [0.717, 1.165) is 59.6 Å². The third kappa shape index (κ3) is 3.53. The molecule has 2 aliphatic rings. The van der Waals surface area contributed by atoms with Crippen molar-refractivity contribution in [2.45, 2.75) is 48.6 Å². The number of hydrogen-bond donors (Lipinski definition) is 2. The summed E-state index contributed by atoms with van der Waals surface area (Å²) in [5, 5.41) is 0.996. The molecule has 10 heteroatoms. The lowest BCUT2D eigenvalue weighted by molar-refractivity contribution is 0.0973. The van der Waals surface area contributed by atoms with Crippen LogP contribution in [0.2, 0.25) is 10.0 Å². The normalized spacial score (nSPS) is 22.8. The van der Waals surface area contributed by atoms with Crippen LogP contribution in [-0.2, 0) is 4.74 Å². The molecule has 0 amide bonds. The molecule has 170 valence electrons. The Hall–Kier alpha value is -1.71. The monoisotopic (exact) mass is 492 g/mol. The number of ether oxygens (including phenoxy) is 1. The Kier molecular flexibility index (Phi) is 5.70. The van der Waals surface area contributed by atoms with Gasteiger partial charge in [0.15, 0.2) is 5.65 Å². The maximum absolute atomic E-state index is 6.49. The predicted octanol–water partition coefficient (Wildman–Crippen LogP) is 4.41. The summed E-state index contributed by atoms with van der Waals surface area (Å²) in [5.41, 5.74) is 14.8. The number of nitrogen functional groups attached to an aromatic ring is 1. The van der Waals surface area contributed by atoms with Crippen molar-refractivity contribution in [2.75, 3.05) is 30.3 Å². The van der Waals surface area contributed by atoms with Crippen molar-refractivity contribution in [1.82, 2.24) is 14.4 Å². The molecule has 2 atom stereocenters. The molecule has 2 saturated heterocycles. The maximum Gasteiger partial charge on any atom is 0.213 e. The fourth-order valence-electron chi connectivity index (χ4n) is 4.78. The number of piperidine rings is 1. The zero-order valence-corrected chi connectivity index (χ0v) is 20.3. The Bertz CT molecular complexity index is 1180. The molecule has 2 aliphatic heterocycles. The highest BCUT2D eigenvalue weighted by molar-refractivity contribution is 7.99. The van der Waals surface area contributed by atoms with Gasteiger partial charge in [0, 0.05) is 41.3 Å². The third-order valence-corrected chi connectivity index (χ3v) is 8.90. The maximum atomic E-state index is 6.49. The van der Waals surface area contributed by atoms with Gasteiger partial charge < -0.3 is 21.1 Å². The standard InChI is InChI=1S/C22H26Cl2N6OS/c1-12-10-27-20-17(32-15-5-3-4-14(23)16(15)24)19(26)28-21(30(12)20)29-8-6-22(7-9-29)11-31-13(2)18(22)25/h3-5,10,13,18H,6-9,11,25-26H2,1-2H3. The largest absolute Gasteiger partial charge is 0.383 e. The summed E-state index contributed by atoms with van der Waals surface area (Å²) in [5.74, 6) is 1.23. The predicted molar refractivity (Wildman–Crippen MR) is 130 cm³/mol. The van der Waals surface area contributed by atoms with E-state index in [1.807, 2.05) is 25.3 Å². The highest BCUT2D eigenvalue weighted by atomic mass is 35.5. The molecule has 32 heavy (non-hydrogen) atoms. The Morgan fingerprint density at radius 2 is 2.00 bits per heavy atom. The first-order valence-corrected chi connectivity index (χ1v) is 12.3. The number of halogens is 2. The van der Waals surface area contributed by atoms with Gasteiger partial charge in [-0.25, -0.2) is 4.98 Å². The number of nitrogens with zero attached hydrogens (tertiary/aromatic N) is 4. The van der Waals surface area contributed by atoms with Crippen LogP contribution in [0.25, 0.3) is 5.65 Å². The first-order chi connectivity index (χ1) is 15.3. The SMILES string of the molecule is Cc1cnc2c(Sc3cccc(Cl)c3Cl)c(N)nc(N3CCC4(CC3)COC(C)C4N)n12. The van der Waals surface area contributed by atoms with E-state index in [0.29, 0.717) is 15.9 Å². The lowest BCUT2D eigenvalue weighted by Crippen LogP contribution is -2.51. The molecule has 0 saturated carbocycles. The Balaban J connectivity index is 1.49. The second kappa shape index (κ2) is 8.25. The van der Waals surface area contributed by atoms with Crippen molar-refractivity contribution in [3.8, 4) is 0 Å². The zero-order valence-electron chi connectivity index (χ0n) is 18.0. The quantitative estimate of drug-likeness (QED) is 0.558. The number of nitrogens with two attached hydrogens (primary N) is 2. The Labute approximate surface area is 201 Å². The molecule has 5 rings (SSSR count). The van der Waals surface area contributed by atoms with Crippen LogP contribution in [0, 0.1) is 12.3 Å². The Morgan fingerprint density at radius 1 is 1.25 bits per heavy atom. The molecule has 2 unspecified atom stereocenters. The van der Waals surface area contributed by atoms with E-state index in [2.05, 4.69) is 21.2 Å². The van der Waals surface area contributed by atoms with Crippen molar-refractivity contribution >= 4 is 52.4 Å². The summed E-state index contributed by atoms with van der Waals surface area (Å²) >= 11 is 14.0. The number of anilines is 2. The smallest absolute Gasteiger partial charge is 0.213 e. The number of fused-ring (bicyclic) bond motifs is 1. The number of rotatable bonds is 3. The van der Waals surface area contributed by atoms with Gasteiger partial charge in [0.05, 0.1) is 27.7 Å². The molecule has 1 aromatic carbocycles. The van der Waals surface area contributed by atoms with E-state index in [4.69, 9.17) is 44.4 Å². The second-order valence-corrected chi connectivity index (χ2v) is 10.6. The first kappa shape index (κ1) is 22.1.